The number of anilines is 1. The summed E-state index contributed by atoms with van der Waals surface area (Å²) in [4.78, 5) is 27.6. The van der Waals surface area contributed by atoms with Gasteiger partial charge >= 0.3 is 0 Å². The van der Waals surface area contributed by atoms with E-state index in [1.807, 2.05) is 0 Å². The van der Waals surface area contributed by atoms with Gasteiger partial charge in [-0.2, -0.15) is 0 Å². The monoisotopic (exact) mass is 455 g/mol. The fourth-order valence-corrected chi connectivity index (χ4v) is 4.71. The number of aliphatic hydroxyl groups excluding tert-OH is 1. The first-order valence-electron chi connectivity index (χ1n) is 9.69. The van der Waals surface area contributed by atoms with Crippen LogP contribution in [0.4, 0.5) is 14.5 Å². The topological polar surface area (TPSA) is 66.8 Å². The fourth-order valence-electron chi connectivity index (χ4n) is 3.88. The van der Waals surface area contributed by atoms with Crippen molar-refractivity contribution < 1.29 is 28.2 Å². The summed E-state index contributed by atoms with van der Waals surface area (Å²) in [5, 5.41) is 13.0. The number of methoxy groups -OCH3 is 1. The average molecular weight is 455 g/mol. The minimum absolute atomic E-state index is 0.158. The maximum Gasteiger partial charge on any atom is 0.300 e. The Labute approximate surface area is 187 Å². The van der Waals surface area contributed by atoms with Gasteiger partial charge in [0.2, 0.25) is 0 Å². The number of thiophene rings is 1. The van der Waals surface area contributed by atoms with Gasteiger partial charge in [-0.05, 0) is 60.7 Å². The molecule has 2 heterocycles. The molecule has 1 aliphatic heterocycles. The molecule has 1 amide bonds. The Morgan fingerprint density at radius 2 is 1.84 bits per heavy atom. The molecule has 0 bridgehead atoms. The van der Waals surface area contributed by atoms with Gasteiger partial charge in [0.1, 0.15) is 29.2 Å². The van der Waals surface area contributed by atoms with Crippen LogP contribution in [0.5, 0.6) is 5.75 Å². The van der Waals surface area contributed by atoms with Crippen LogP contribution in [0, 0.1) is 25.5 Å². The molecule has 1 fully saturated rings. The summed E-state index contributed by atoms with van der Waals surface area (Å²) in [7, 11) is 1.53. The van der Waals surface area contributed by atoms with Gasteiger partial charge in [0.25, 0.3) is 11.7 Å². The first-order valence-corrected chi connectivity index (χ1v) is 10.6. The first-order chi connectivity index (χ1) is 15.2. The van der Waals surface area contributed by atoms with Crippen molar-refractivity contribution in [2.24, 2.45) is 0 Å². The lowest BCUT2D eigenvalue weighted by atomic mass is 9.95. The van der Waals surface area contributed by atoms with Crippen LogP contribution in [0.2, 0.25) is 0 Å². The highest BCUT2D eigenvalue weighted by atomic mass is 32.1. The van der Waals surface area contributed by atoms with E-state index in [1.165, 1.54) is 18.4 Å². The third kappa shape index (κ3) is 3.46. The molecular weight excluding hydrogens is 436 g/mol. The van der Waals surface area contributed by atoms with Crippen LogP contribution >= 0.6 is 11.3 Å². The van der Waals surface area contributed by atoms with Crippen LogP contribution in [-0.2, 0) is 9.59 Å². The molecule has 1 atom stereocenters. The molecule has 0 radical (unpaired) electrons. The molecule has 1 aromatic heterocycles. The molecular formula is C24H19F2NO4S. The second-order valence-electron chi connectivity index (χ2n) is 7.42. The zero-order valence-electron chi connectivity index (χ0n) is 17.5. The van der Waals surface area contributed by atoms with Crippen molar-refractivity contribution in [3.8, 4) is 5.75 Å². The van der Waals surface area contributed by atoms with Gasteiger partial charge in [-0.25, -0.2) is 8.78 Å². The van der Waals surface area contributed by atoms with Crippen molar-refractivity contribution in [3.63, 3.8) is 0 Å². The number of ketones is 1. The van der Waals surface area contributed by atoms with E-state index >= 15 is 0 Å². The highest BCUT2D eigenvalue weighted by molar-refractivity contribution is 7.10. The lowest BCUT2D eigenvalue weighted by molar-refractivity contribution is -0.132. The number of carbonyl (C=O) groups is 2. The standard InChI is InChI=1S/C24H19F2NO4S/c1-12-10-18(31-3)13(2)9-15(12)22(28)20-21(19-5-4-8-32-19)27(24(30)23(20)29)17-7-6-14(25)11-16(17)26/h4-11,21,28H,1-3H3/b22-20-. The predicted molar refractivity (Wildman–Crippen MR) is 118 cm³/mol. The van der Waals surface area contributed by atoms with E-state index in [0.717, 1.165) is 22.6 Å². The summed E-state index contributed by atoms with van der Waals surface area (Å²) in [6, 6.07) is 8.52. The van der Waals surface area contributed by atoms with E-state index < -0.39 is 29.4 Å². The van der Waals surface area contributed by atoms with Gasteiger partial charge in [-0.3, -0.25) is 14.5 Å². The molecule has 0 saturated carbocycles. The Balaban J connectivity index is 1.96. The Morgan fingerprint density at radius 1 is 1.09 bits per heavy atom. The fraction of sp³-hybridized carbons (Fsp3) is 0.167. The summed E-state index contributed by atoms with van der Waals surface area (Å²) in [5.74, 6) is -3.49. The molecule has 8 heteroatoms. The summed E-state index contributed by atoms with van der Waals surface area (Å²) >= 11 is 1.25. The average Bonchev–Trinajstić information content (AvgIpc) is 3.37. The number of aliphatic hydroxyl groups is 1. The molecule has 1 N–H and O–H groups in total. The van der Waals surface area contributed by atoms with Crippen molar-refractivity contribution in [1.29, 1.82) is 0 Å². The van der Waals surface area contributed by atoms with Gasteiger partial charge in [-0.15, -0.1) is 11.3 Å². The third-order valence-corrected chi connectivity index (χ3v) is 6.35. The molecule has 1 aliphatic rings. The number of carbonyl (C=O) groups excluding carboxylic acids is 2. The molecule has 5 nitrogen and oxygen atoms in total. The maximum atomic E-state index is 14.6. The highest BCUT2D eigenvalue weighted by Crippen LogP contribution is 2.44. The molecule has 4 rings (SSSR count). The Hall–Kier alpha value is -3.52. The van der Waals surface area contributed by atoms with Crippen molar-refractivity contribution in [3.05, 3.63) is 86.6 Å². The van der Waals surface area contributed by atoms with E-state index in [2.05, 4.69) is 0 Å². The van der Waals surface area contributed by atoms with Crippen LogP contribution in [0.25, 0.3) is 5.76 Å². The van der Waals surface area contributed by atoms with E-state index in [9.17, 15) is 23.5 Å². The molecule has 1 unspecified atom stereocenters. The maximum absolute atomic E-state index is 14.6. The molecule has 164 valence electrons. The van der Waals surface area contributed by atoms with Crippen LogP contribution in [-0.4, -0.2) is 23.9 Å². The smallest absolute Gasteiger partial charge is 0.300 e. The second kappa shape index (κ2) is 8.20. The van der Waals surface area contributed by atoms with Crippen molar-refractivity contribution >= 4 is 34.5 Å². The number of benzene rings is 2. The number of halogens is 2. The first kappa shape index (κ1) is 21.7. The highest BCUT2D eigenvalue weighted by Gasteiger charge is 2.48. The van der Waals surface area contributed by atoms with Gasteiger partial charge in [0.15, 0.2) is 0 Å². The van der Waals surface area contributed by atoms with Crippen molar-refractivity contribution in [2.75, 3.05) is 12.0 Å². The van der Waals surface area contributed by atoms with Gasteiger partial charge in [-0.1, -0.05) is 6.07 Å². The Morgan fingerprint density at radius 3 is 2.47 bits per heavy atom. The van der Waals surface area contributed by atoms with E-state index in [4.69, 9.17) is 4.74 Å². The molecule has 32 heavy (non-hydrogen) atoms. The molecule has 0 spiro atoms. The number of aryl methyl sites for hydroxylation is 2. The number of Topliss-reactive ketones (excluding diaryl/α,β-unsaturated/α-hetero) is 1. The molecule has 2 aromatic carbocycles. The molecule has 3 aromatic rings. The van der Waals surface area contributed by atoms with Crippen LogP contribution in [0.1, 0.15) is 27.6 Å². The Kier molecular flexibility index (Phi) is 5.56. The zero-order valence-corrected chi connectivity index (χ0v) is 18.3. The van der Waals surface area contributed by atoms with E-state index in [-0.39, 0.29) is 17.0 Å². The molecule has 0 aliphatic carbocycles. The lowest BCUT2D eigenvalue weighted by Gasteiger charge is -2.24. The summed E-state index contributed by atoms with van der Waals surface area (Å²) < 4.78 is 33.4. The van der Waals surface area contributed by atoms with Crippen LogP contribution in [0.3, 0.4) is 0 Å². The van der Waals surface area contributed by atoms with Gasteiger partial charge in [0.05, 0.1) is 18.4 Å². The molecule has 1 saturated heterocycles. The Bertz CT molecular complexity index is 1270. The van der Waals surface area contributed by atoms with Crippen molar-refractivity contribution in [1.82, 2.24) is 0 Å². The van der Waals surface area contributed by atoms with Gasteiger partial charge < -0.3 is 9.84 Å². The lowest BCUT2D eigenvalue weighted by Crippen LogP contribution is -2.30. The summed E-state index contributed by atoms with van der Waals surface area (Å²) in [6.45, 7) is 3.53. The number of amides is 1. The normalized spacial score (nSPS) is 17.8. The number of hydrogen-bond acceptors (Lipinski definition) is 5. The second-order valence-corrected chi connectivity index (χ2v) is 8.40. The summed E-state index contributed by atoms with van der Waals surface area (Å²) in [5.41, 5.74) is 1.32. The predicted octanol–water partition coefficient (Wildman–Crippen LogP) is 5.28. The summed E-state index contributed by atoms with van der Waals surface area (Å²) in [6.07, 6.45) is 0. The minimum Gasteiger partial charge on any atom is -0.507 e. The van der Waals surface area contributed by atoms with Crippen molar-refractivity contribution in [2.45, 2.75) is 19.9 Å². The minimum atomic E-state index is -1.06. The van der Waals surface area contributed by atoms with E-state index in [0.29, 0.717) is 27.8 Å². The quantitative estimate of drug-likeness (QED) is 0.330. The SMILES string of the molecule is COc1cc(C)c(/C(O)=C2/C(=O)C(=O)N(c3ccc(F)cc3F)C2c2cccs2)cc1C. The van der Waals surface area contributed by atoms with Gasteiger partial charge in [0, 0.05) is 16.5 Å². The van der Waals surface area contributed by atoms with Crippen LogP contribution in [0.15, 0.2) is 53.4 Å². The number of ether oxygens (including phenoxy) is 1. The third-order valence-electron chi connectivity index (χ3n) is 5.42. The number of rotatable bonds is 4. The largest absolute Gasteiger partial charge is 0.507 e. The zero-order chi connectivity index (χ0) is 23.2. The van der Waals surface area contributed by atoms with E-state index in [1.54, 1.807) is 43.5 Å². The van der Waals surface area contributed by atoms with Crippen LogP contribution < -0.4 is 9.64 Å². The number of nitrogens with zero attached hydrogens (tertiary/aromatic N) is 1. The number of hydrogen-bond donors (Lipinski definition) is 1.